The molecule has 0 radical (unpaired) electrons. The summed E-state index contributed by atoms with van der Waals surface area (Å²) in [6.45, 7) is 6.17. The van der Waals surface area contributed by atoms with Crippen LogP contribution in [0.1, 0.15) is 41.3 Å². The molecule has 0 aliphatic carbocycles. The third kappa shape index (κ3) is 3.37. The fourth-order valence-corrected chi connectivity index (χ4v) is 2.51. The third-order valence-corrected chi connectivity index (χ3v) is 3.72. The van der Waals surface area contributed by atoms with Gasteiger partial charge in [-0.2, -0.15) is 0 Å². The summed E-state index contributed by atoms with van der Waals surface area (Å²) in [7, 11) is 0. The van der Waals surface area contributed by atoms with E-state index in [2.05, 4.69) is 19.2 Å². The zero-order chi connectivity index (χ0) is 15.6. The molecule has 3 N–H and O–H groups in total. The Morgan fingerprint density at radius 3 is 2.57 bits per heavy atom. The highest BCUT2D eigenvalue weighted by Gasteiger charge is 2.15. The summed E-state index contributed by atoms with van der Waals surface area (Å²) in [5.41, 5.74) is 9.60. The molecule has 1 amide bonds. The number of aryl methyl sites for hydroxylation is 1. The minimum Gasteiger partial charge on any atom is -0.399 e. The molecule has 0 saturated carbocycles. The lowest BCUT2D eigenvalue weighted by atomic mass is 9.98. The second kappa shape index (κ2) is 6.19. The molecule has 0 heterocycles. The maximum atomic E-state index is 12.4. The standard InChI is InChI=1S/C17H19ClN2O/c1-10(2)13-6-4-5-11(3)16(13)20-17(21)14-8-7-12(19)9-15(14)18/h4-10H,19H2,1-3H3,(H,20,21). The van der Waals surface area contributed by atoms with Crippen LogP contribution in [-0.2, 0) is 0 Å². The van der Waals surface area contributed by atoms with Gasteiger partial charge in [0.05, 0.1) is 10.6 Å². The van der Waals surface area contributed by atoms with Gasteiger partial charge < -0.3 is 11.1 Å². The number of hydrogen-bond donors (Lipinski definition) is 2. The first-order valence-electron chi connectivity index (χ1n) is 6.86. The molecule has 0 aliphatic rings. The highest BCUT2D eigenvalue weighted by atomic mass is 35.5. The van der Waals surface area contributed by atoms with E-state index in [9.17, 15) is 4.79 Å². The fraction of sp³-hybridized carbons (Fsp3) is 0.235. The quantitative estimate of drug-likeness (QED) is 0.814. The van der Waals surface area contributed by atoms with Crippen LogP contribution in [0, 0.1) is 6.92 Å². The number of para-hydroxylation sites is 1. The first-order valence-corrected chi connectivity index (χ1v) is 7.24. The minimum atomic E-state index is -0.226. The van der Waals surface area contributed by atoms with Crippen molar-refractivity contribution in [2.75, 3.05) is 11.1 Å². The van der Waals surface area contributed by atoms with E-state index in [0.717, 1.165) is 16.8 Å². The van der Waals surface area contributed by atoms with Gasteiger partial charge >= 0.3 is 0 Å². The number of nitrogens with two attached hydrogens (primary N) is 1. The van der Waals surface area contributed by atoms with Crippen LogP contribution in [0.25, 0.3) is 0 Å². The summed E-state index contributed by atoms with van der Waals surface area (Å²) in [5, 5.41) is 3.33. The molecule has 3 nitrogen and oxygen atoms in total. The lowest BCUT2D eigenvalue weighted by Gasteiger charge is -2.17. The lowest BCUT2D eigenvalue weighted by Crippen LogP contribution is -2.15. The van der Waals surface area contributed by atoms with Crippen LogP contribution in [0.2, 0.25) is 5.02 Å². The second-order valence-electron chi connectivity index (χ2n) is 5.39. The number of nitrogen functional groups attached to an aromatic ring is 1. The smallest absolute Gasteiger partial charge is 0.257 e. The molecule has 2 aromatic carbocycles. The van der Waals surface area contributed by atoms with Crippen molar-refractivity contribution in [3.8, 4) is 0 Å². The first kappa shape index (κ1) is 15.4. The lowest BCUT2D eigenvalue weighted by molar-refractivity contribution is 0.102. The van der Waals surface area contributed by atoms with Gasteiger partial charge in [-0.1, -0.05) is 43.6 Å². The predicted octanol–water partition coefficient (Wildman–Crippen LogP) is 4.61. The van der Waals surface area contributed by atoms with Gasteiger partial charge in [0.25, 0.3) is 5.91 Å². The van der Waals surface area contributed by atoms with Gasteiger partial charge in [-0.25, -0.2) is 0 Å². The summed E-state index contributed by atoms with van der Waals surface area (Å²) >= 11 is 6.09. The molecule has 0 aromatic heterocycles. The van der Waals surface area contributed by atoms with Gasteiger partial charge in [0, 0.05) is 11.4 Å². The van der Waals surface area contributed by atoms with Crippen molar-refractivity contribution in [3.63, 3.8) is 0 Å². The summed E-state index contributed by atoms with van der Waals surface area (Å²) in [5.74, 6) is 0.0956. The van der Waals surface area contributed by atoms with Gasteiger partial charge in [0.15, 0.2) is 0 Å². The van der Waals surface area contributed by atoms with Crippen LogP contribution in [0.15, 0.2) is 36.4 Å². The van der Waals surface area contributed by atoms with Gasteiger partial charge in [0.2, 0.25) is 0 Å². The van der Waals surface area contributed by atoms with E-state index in [0.29, 0.717) is 22.2 Å². The maximum absolute atomic E-state index is 12.4. The fourth-order valence-electron chi connectivity index (χ4n) is 2.24. The van der Waals surface area contributed by atoms with Crippen molar-refractivity contribution in [2.24, 2.45) is 0 Å². The van der Waals surface area contributed by atoms with Crippen LogP contribution in [0.4, 0.5) is 11.4 Å². The number of amides is 1. The normalized spacial score (nSPS) is 10.7. The van der Waals surface area contributed by atoms with Crippen LogP contribution < -0.4 is 11.1 Å². The highest BCUT2D eigenvalue weighted by molar-refractivity contribution is 6.34. The van der Waals surface area contributed by atoms with E-state index < -0.39 is 0 Å². The number of nitrogens with one attached hydrogen (secondary N) is 1. The molecule has 0 saturated heterocycles. The molecular weight excluding hydrogens is 284 g/mol. The number of carbonyl (C=O) groups is 1. The summed E-state index contributed by atoms with van der Waals surface area (Å²) in [4.78, 5) is 12.4. The molecule has 2 aromatic rings. The van der Waals surface area contributed by atoms with Crippen molar-refractivity contribution in [1.29, 1.82) is 0 Å². The third-order valence-electron chi connectivity index (χ3n) is 3.40. The number of benzene rings is 2. The topological polar surface area (TPSA) is 55.1 Å². The number of rotatable bonds is 3. The average molecular weight is 303 g/mol. The maximum Gasteiger partial charge on any atom is 0.257 e. The first-order chi connectivity index (χ1) is 9.90. The Labute approximate surface area is 130 Å². The molecule has 4 heteroatoms. The number of carbonyl (C=O) groups excluding carboxylic acids is 1. The minimum absolute atomic E-state index is 0.226. The van der Waals surface area contributed by atoms with Gasteiger partial charge in [-0.05, 0) is 42.2 Å². The van der Waals surface area contributed by atoms with Crippen molar-refractivity contribution >= 4 is 28.9 Å². The van der Waals surface area contributed by atoms with Crippen molar-refractivity contribution in [1.82, 2.24) is 0 Å². The molecule has 0 fully saturated rings. The Hall–Kier alpha value is -2.00. The van der Waals surface area contributed by atoms with E-state index in [4.69, 9.17) is 17.3 Å². The molecule has 0 spiro atoms. The largest absolute Gasteiger partial charge is 0.399 e. The summed E-state index contributed by atoms with van der Waals surface area (Å²) in [6, 6.07) is 10.9. The Bertz CT molecular complexity index is 680. The van der Waals surface area contributed by atoms with E-state index in [1.807, 2.05) is 25.1 Å². The SMILES string of the molecule is Cc1cccc(C(C)C)c1NC(=O)c1ccc(N)cc1Cl. The Kier molecular flexibility index (Phi) is 4.53. The summed E-state index contributed by atoms with van der Waals surface area (Å²) < 4.78 is 0. The van der Waals surface area contributed by atoms with Crippen molar-refractivity contribution in [2.45, 2.75) is 26.7 Å². The van der Waals surface area contributed by atoms with Gasteiger partial charge in [-0.3, -0.25) is 4.79 Å². The Morgan fingerprint density at radius 2 is 1.95 bits per heavy atom. The zero-order valence-corrected chi connectivity index (χ0v) is 13.2. The van der Waals surface area contributed by atoms with E-state index in [-0.39, 0.29) is 5.91 Å². The second-order valence-corrected chi connectivity index (χ2v) is 5.79. The highest BCUT2D eigenvalue weighted by Crippen LogP contribution is 2.28. The zero-order valence-electron chi connectivity index (χ0n) is 12.4. The molecule has 2 rings (SSSR count). The molecule has 21 heavy (non-hydrogen) atoms. The number of hydrogen-bond acceptors (Lipinski definition) is 2. The molecular formula is C17H19ClN2O. The van der Waals surface area contributed by atoms with Gasteiger partial charge in [0.1, 0.15) is 0 Å². The Balaban J connectivity index is 2.36. The van der Waals surface area contributed by atoms with Crippen LogP contribution in [0.3, 0.4) is 0 Å². The van der Waals surface area contributed by atoms with E-state index in [1.165, 1.54) is 0 Å². The average Bonchev–Trinajstić information content (AvgIpc) is 2.40. The van der Waals surface area contributed by atoms with Crippen LogP contribution in [0.5, 0.6) is 0 Å². The number of anilines is 2. The number of halogens is 1. The monoisotopic (exact) mass is 302 g/mol. The Morgan fingerprint density at radius 1 is 1.24 bits per heavy atom. The van der Waals surface area contributed by atoms with Crippen molar-refractivity contribution < 1.29 is 4.79 Å². The van der Waals surface area contributed by atoms with Gasteiger partial charge in [-0.15, -0.1) is 0 Å². The van der Waals surface area contributed by atoms with E-state index >= 15 is 0 Å². The molecule has 0 unspecified atom stereocenters. The molecule has 0 atom stereocenters. The summed E-state index contributed by atoms with van der Waals surface area (Å²) in [6.07, 6.45) is 0. The van der Waals surface area contributed by atoms with Crippen LogP contribution >= 0.6 is 11.6 Å². The van der Waals surface area contributed by atoms with E-state index in [1.54, 1.807) is 18.2 Å². The predicted molar refractivity (Wildman–Crippen MR) is 89.1 cm³/mol. The van der Waals surface area contributed by atoms with Crippen molar-refractivity contribution in [3.05, 3.63) is 58.1 Å². The molecule has 110 valence electrons. The van der Waals surface area contributed by atoms with Crippen LogP contribution in [-0.4, -0.2) is 5.91 Å². The molecule has 0 bridgehead atoms. The molecule has 0 aliphatic heterocycles.